The number of halogens is 1. The number of carbonyl (C=O) groups is 1. The number of hydrogen-bond donors (Lipinski definition) is 3. The lowest BCUT2D eigenvalue weighted by molar-refractivity contribution is -0.119. The lowest BCUT2D eigenvalue weighted by Crippen LogP contribution is -2.23. The predicted octanol–water partition coefficient (Wildman–Crippen LogP) is 3.28. The van der Waals surface area contributed by atoms with Crippen molar-refractivity contribution < 1.29 is 13.2 Å². The number of rotatable bonds is 5. The van der Waals surface area contributed by atoms with E-state index < -0.39 is 10.0 Å². The van der Waals surface area contributed by atoms with Crippen molar-refractivity contribution in [3.8, 4) is 0 Å². The van der Waals surface area contributed by atoms with E-state index in [1.165, 1.54) is 12.1 Å². The van der Waals surface area contributed by atoms with Gasteiger partial charge in [-0.2, -0.15) is 0 Å². The van der Waals surface area contributed by atoms with E-state index in [0.717, 1.165) is 18.4 Å². The first-order chi connectivity index (χ1) is 12.3. The maximum absolute atomic E-state index is 12.5. The molecule has 1 aliphatic carbocycles. The summed E-state index contributed by atoms with van der Waals surface area (Å²) in [6.45, 7) is 1.81. The lowest BCUT2D eigenvalue weighted by Gasteiger charge is -2.14. The summed E-state index contributed by atoms with van der Waals surface area (Å²) in [6, 6.07) is 13.4. The second-order valence-electron chi connectivity index (χ2n) is 6.71. The molecule has 0 heterocycles. The summed E-state index contributed by atoms with van der Waals surface area (Å²) in [5, 5.41) is 2.87. The third-order valence-corrected chi connectivity index (χ3v) is 6.03. The molecule has 2 aromatic carbocycles. The Hall–Kier alpha value is -2.09. The molecule has 2 unspecified atom stereocenters. The molecule has 6 nitrogen and oxygen atoms in total. The Labute approximate surface area is 166 Å². The fourth-order valence-electron chi connectivity index (χ4n) is 3.11. The molecule has 0 saturated heterocycles. The minimum atomic E-state index is -3.68. The van der Waals surface area contributed by atoms with Gasteiger partial charge >= 0.3 is 0 Å². The zero-order chi connectivity index (χ0) is 18.7. The summed E-state index contributed by atoms with van der Waals surface area (Å²) in [7, 11) is -3.68. The number of sulfonamides is 1. The van der Waals surface area contributed by atoms with E-state index in [-0.39, 0.29) is 35.2 Å². The second-order valence-corrected chi connectivity index (χ2v) is 8.39. The van der Waals surface area contributed by atoms with Crippen LogP contribution in [-0.2, 0) is 14.8 Å². The Morgan fingerprint density at radius 3 is 2.44 bits per heavy atom. The Bertz CT molecular complexity index is 904. The summed E-state index contributed by atoms with van der Waals surface area (Å²) in [5.41, 5.74) is 7.64. The maximum Gasteiger partial charge on any atom is 0.261 e. The van der Waals surface area contributed by atoms with Crippen LogP contribution in [0.4, 0.5) is 11.4 Å². The molecule has 0 bridgehead atoms. The van der Waals surface area contributed by atoms with Crippen molar-refractivity contribution in [2.45, 2.75) is 37.1 Å². The quantitative estimate of drug-likeness (QED) is 0.705. The maximum atomic E-state index is 12.5. The molecular weight excluding hydrogens is 386 g/mol. The summed E-state index contributed by atoms with van der Waals surface area (Å²) in [5.74, 6) is -0.158. The Balaban J connectivity index is 0.00000261. The van der Waals surface area contributed by atoms with Crippen LogP contribution in [0.5, 0.6) is 0 Å². The molecule has 0 aromatic heterocycles. The Morgan fingerprint density at radius 2 is 1.81 bits per heavy atom. The van der Waals surface area contributed by atoms with Crippen molar-refractivity contribution >= 4 is 39.7 Å². The van der Waals surface area contributed by atoms with Crippen LogP contribution in [0.15, 0.2) is 53.4 Å². The van der Waals surface area contributed by atoms with Gasteiger partial charge in [0.25, 0.3) is 10.0 Å². The van der Waals surface area contributed by atoms with E-state index in [1.54, 1.807) is 36.4 Å². The highest BCUT2D eigenvalue weighted by Crippen LogP contribution is 2.27. The first-order valence-corrected chi connectivity index (χ1v) is 10.1. The number of carbonyl (C=O) groups excluding carboxylic acids is 1. The SMILES string of the molecule is Cc1ccc(NC(=O)C2CCC(N)C2)cc1NS(=O)(=O)c1ccccc1.Cl. The van der Waals surface area contributed by atoms with Gasteiger partial charge in [0.15, 0.2) is 0 Å². The molecule has 0 spiro atoms. The van der Waals surface area contributed by atoms with Crippen LogP contribution >= 0.6 is 12.4 Å². The second kappa shape index (κ2) is 8.73. The fourth-order valence-corrected chi connectivity index (χ4v) is 4.25. The molecule has 1 amide bonds. The molecule has 1 fully saturated rings. The van der Waals surface area contributed by atoms with Crippen LogP contribution in [0, 0.1) is 12.8 Å². The van der Waals surface area contributed by atoms with Crippen molar-refractivity contribution in [1.29, 1.82) is 0 Å². The molecule has 27 heavy (non-hydrogen) atoms. The lowest BCUT2D eigenvalue weighted by atomic mass is 10.1. The summed E-state index contributed by atoms with van der Waals surface area (Å²) >= 11 is 0. The van der Waals surface area contributed by atoms with E-state index in [9.17, 15) is 13.2 Å². The molecule has 146 valence electrons. The van der Waals surface area contributed by atoms with Gasteiger partial charge < -0.3 is 11.1 Å². The number of aryl methyl sites for hydroxylation is 1. The average Bonchev–Trinajstić information content (AvgIpc) is 3.05. The average molecular weight is 410 g/mol. The minimum Gasteiger partial charge on any atom is -0.328 e. The number of nitrogens with two attached hydrogens (primary N) is 1. The van der Waals surface area contributed by atoms with Crippen molar-refractivity contribution in [2.24, 2.45) is 11.7 Å². The highest BCUT2D eigenvalue weighted by atomic mass is 35.5. The van der Waals surface area contributed by atoms with Crippen molar-refractivity contribution in [1.82, 2.24) is 0 Å². The van der Waals surface area contributed by atoms with Gasteiger partial charge in [0, 0.05) is 17.6 Å². The Morgan fingerprint density at radius 1 is 1.11 bits per heavy atom. The first kappa shape index (κ1) is 21.2. The standard InChI is InChI=1S/C19H23N3O3S.ClH/c1-13-7-10-16(21-19(23)14-8-9-15(20)11-14)12-18(13)22-26(24,25)17-5-3-2-4-6-17;/h2-7,10,12,14-15,22H,8-9,11,20H2,1H3,(H,21,23);1H. The van der Waals surface area contributed by atoms with Gasteiger partial charge in [0.1, 0.15) is 0 Å². The Kier molecular flexibility index (Phi) is 6.86. The van der Waals surface area contributed by atoms with Gasteiger partial charge in [0.2, 0.25) is 5.91 Å². The highest BCUT2D eigenvalue weighted by Gasteiger charge is 2.27. The van der Waals surface area contributed by atoms with Gasteiger partial charge in [-0.1, -0.05) is 24.3 Å². The van der Waals surface area contributed by atoms with Crippen molar-refractivity contribution in [3.05, 3.63) is 54.1 Å². The fraction of sp³-hybridized carbons (Fsp3) is 0.316. The van der Waals surface area contributed by atoms with Gasteiger partial charge in [-0.25, -0.2) is 8.42 Å². The number of hydrogen-bond acceptors (Lipinski definition) is 4. The molecule has 0 radical (unpaired) electrons. The van der Waals surface area contributed by atoms with Crippen LogP contribution < -0.4 is 15.8 Å². The normalized spacial score (nSPS) is 19.2. The number of nitrogens with one attached hydrogen (secondary N) is 2. The van der Waals surface area contributed by atoms with Crippen LogP contribution in [0.2, 0.25) is 0 Å². The monoisotopic (exact) mass is 409 g/mol. The minimum absolute atomic E-state index is 0. The van der Waals surface area contributed by atoms with Crippen LogP contribution in [-0.4, -0.2) is 20.4 Å². The van der Waals surface area contributed by atoms with E-state index in [0.29, 0.717) is 17.8 Å². The molecular formula is C19H24ClN3O3S. The number of anilines is 2. The van der Waals surface area contributed by atoms with Crippen LogP contribution in [0.1, 0.15) is 24.8 Å². The van der Waals surface area contributed by atoms with E-state index in [1.807, 2.05) is 6.92 Å². The molecule has 3 rings (SSSR count). The van der Waals surface area contributed by atoms with Gasteiger partial charge in [0.05, 0.1) is 10.6 Å². The van der Waals surface area contributed by atoms with Crippen molar-refractivity contribution in [3.63, 3.8) is 0 Å². The molecule has 0 aliphatic heterocycles. The van der Waals surface area contributed by atoms with Gasteiger partial charge in [-0.05, 0) is 56.0 Å². The predicted molar refractivity (Wildman–Crippen MR) is 110 cm³/mol. The molecule has 1 aliphatic rings. The van der Waals surface area contributed by atoms with Crippen LogP contribution in [0.25, 0.3) is 0 Å². The van der Waals surface area contributed by atoms with Crippen molar-refractivity contribution in [2.75, 3.05) is 10.0 Å². The summed E-state index contributed by atoms with van der Waals surface area (Å²) in [6.07, 6.45) is 2.33. The van der Waals surface area contributed by atoms with E-state index in [2.05, 4.69) is 10.0 Å². The molecule has 4 N–H and O–H groups in total. The van der Waals surface area contributed by atoms with E-state index in [4.69, 9.17) is 5.73 Å². The smallest absolute Gasteiger partial charge is 0.261 e. The first-order valence-electron chi connectivity index (χ1n) is 8.60. The number of benzene rings is 2. The zero-order valence-electron chi connectivity index (χ0n) is 15.0. The van der Waals surface area contributed by atoms with Gasteiger partial charge in [-0.3, -0.25) is 9.52 Å². The van der Waals surface area contributed by atoms with Gasteiger partial charge in [-0.15, -0.1) is 12.4 Å². The summed E-state index contributed by atoms with van der Waals surface area (Å²) in [4.78, 5) is 12.5. The molecule has 8 heteroatoms. The third-order valence-electron chi connectivity index (χ3n) is 4.65. The molecule has 2 aromatic rings. The molecule has 2 atom stereocenters. The number of amides is 1. The summed E-state index contributed by atoms with van der Waals surface area (Å²) < 4.78 is 27.6. The van der Waals surface area contributed by atoms with Crippen LogP contribution in [0.3, 0.4) is 0 Å². The van der Waals surface area contributed by atoms with E-state index >= 15 is 0 Å². The molecule has 1 saturated carbocycles. The highest BCUT2D eigenvalue weighted by molar-refractivity contribution is 7.92. The topological polar surface area (TPSA) is 101 Å². The largest absolute Gasteiger partial charge is 0.328 e. The zero-order valence-corrected chi connectivity index (χ0v) is 16.6. The third kappa shape index (κ3) is 5.22.